The third-order valence-corrected chi connectivity index (χ3v) is 7.31. The van der Waals surface area contributed by atoms with Crippen LogP contribution in [-0.2, 0) is 23.0 Å². The Hall–Kier alpha value is -1.65. The lowest BCUT2D eigenvalue weighted by Crippen LogP contribution is -2.40. The van der Waals surface area contributed by atoms with Crippen LogP contribution in [0.2, 0.25) is 0 Å². The maximum Gasteiger partial charge on any atom is 0.252 e. The Kier molecular flexibility index (Phi) is 6.38. The van der Waals surface area contributed by atoms with Crippen molar-refractivity contribution in [1.82, 2.24) is 9.62 Å². The number of amides is 1. The van der Waals surface area contributed by atoms with Gasteiger partial charge in [-0.2, -0.15) is 4.31 Å². The highest BCUT2D eigenvalue weighted by molar-refractivity contribution is 14.1. The number of ether oxygens (including phenoxy) is 1. The first-order chi connectivity index (χ1) is 12.9. The fraction of sp³-hybridized carbons (Fsp3) is 0.316. The van der Waals surface area contributed by atoms with E-state index in [4.69, 9.17) is 4.74 Å². The first-order valence-electron chi connectivity index (χ1n) is 8.57. The van der Waals surface area contributed by atoms with Crippen molar-refractivity contribution in [3.05, 3.63) is 62.7 Å². The average molecular weight is 500 g/mol. The molecule has 0 saturated carbocycles. The molecule has 0 atom stereocenters. The summed E-state index contributed by atoms with van der Waals surface area (Å²) in [4.78, 5) is 12.2. The van der Waals surface area contributed by atoms with Crippen LogP contribution in [0.25, 0.3) is 0 Å². The Morgan fingerprint density at radius 2 is 2.00 bits per heavy atom. The molecule has 27 heavy (non-hydrogen) atoms. The Bertz CT molecular complexity index is 946. The fourth-order valence-corrected chi connectivity index (χ4v) is 4.99. The molecule has 2 aromatic rings. The highest BCUT2D eigenvalue weighted by atomic mass is 127. The maximum absolute atomic E-state index is 12.7. The van der Waals surface area contributed by atoms with E-state index in [1.165, 1.54) is 4.31 Å². The predicted molar refractivity (Wildman–Crippen MR) is 112 cm³/mol. The van der Waals surface area contributed by atoms with Crippen LogP contribution in [0.15, 0.2) is 42.5 Å². The first-order valence-corrected chi connectivity index (χ1v) is 11.3. The molecule has 3 rings (SSSR count). The highest BCUT2D eigenvalue weighted by Gasteiger charge is 2.26. The lowest BCUT2D eigenvalue weighted by molar-refractivity contribution is 0.0955. The fourth-order valence-electron chi connectivity index (χ4n) is 3.03. The van der Waals surface area contributed by atoms with E-state index < -0.39 is 10.0 Å². The number of nitrogens with zero attached hydrogens (tertiary/aromatic N) is 1. The zero-order valence-electron chi connectivity index (χ0n) is 14.9. The van der Waals surface area contributed by atoms with Crippen molar-refractivity contribution in [3.8, 4) is 5.75 Å². The maximum atomic E-state index is 12.7. The van der Waals surface area contributed by atoms with Crippen LogP contribution >= 0.6 is 22.6 Å². The standard InChI is InChI=1S/C19H21IN2O4S/c1-26-16-7-6-15-13-22(10-8-14(15)12-16)27(24,25)11-9-21-19(23)17-4-2-3-5-18(17)20/h2-7,12H,8-11,13H2,1H3,(H,21,23). The van der Waals surface area contributed by atoms with E-state index in [0.29, 0.717) is 25.1 Å². The number of nitrogens with one attached hydrogen (secondary N) is 1. The van der Waals surface area contributed by atoms with Crippen LogP contribution in [0, 0.1) is 3.57 Å². The molecule has 1 amide bonds. The molecule has 0 bridgehead atoms. The molecule has 8 heteroatoms. The Labute approximate surface area is 173 Å². The third-order valence-electron chi connectivity index (χ3n) is 4.55. The molecular formula is C19H21IN2O4S. The quantitative estimate of drug-likeness (QED) is 0.619. The Morgan fingerprint density at radius 3 is 2.74 bits per heavy atom. The molecular weight excluding hydrogens is 479 g/mol. The summed E-state index contributed by atoms with van der Waals surface area (Å²) in [5.74, 6) is 0.405. The summed E-state index contributed by atoms with van der Waals surface area (Å²) in [6.07, 6.45) is 0.653. The van der Waals surface area contributed by atoms with Gasteiger partial charge in [0.1, 0.15) is 5.75 Å². The zero-order valence-corrected chi connectivity index (χ0v) is 17.9. The topological polar surface area (TPSA) is 75.7 Å². The zero-order chi connectivity index (χ0) is 19.4. The molecule has 0 aliphatic carbocycles. The number of methoxy groups -OCH3 is 1. The molecule has 0 saturated heterocycles. The summed E-state index contributed by atoms with van der Waals surface area (Å²) in [6.45, 7) is 0.872. The molecule has 6 nitrogen and oxygen atoms in total. The van der Waals surface area contributed by atoms with E-state index in [1.807, 2.05) is 30.3 Å². The SMILES string of the molecule is COc1ccc2c(c1)CCN(S(=O)(=O)CCNC(=O)c1ccccc1I)C2. The molecule has 1 aliphatic rings. The summed E-state index contributed by atoms with van der Waals surface area (Å²) < 4.78 is 32.8. The minimum atomic E-state index is -3.44. The molecule has 2 aromatic carbocycles. The highest BCUT2D eigenvalue weighted by Crippen LogP contribution is 2.25. The van der Waals surface area contributed by atoms with Crippen LogP contribution in [0.4, 0.5) is 0 Å². The summed E-state index contributed by atoms with van der Waals surface area (Å²) in [6, 6.07) is 12.9. The van der Waals surface area contributed by atoms with Crippen molar-refractivity contribution in [2.24, 2.45) is 0 Å². The van der Waals surface area contributed by atoms with Gasteiger partial charge in [0.25, 0.3) is 5.91 Å². The average Bonchev–Trinajstić information content (AvgIpc) is 2.67. The van der Waals surface area contributed by atoms with Crippen molar-refractivity contribution >= 4 is 38.5 Å². The second-order valence-corrected chi connectivity index (χ2v) is 9.52. The van der Waals surface area contributed by atoms with Gasteiger partial charge in [0.05, 0.1) is 18.4 Å². The van der Waals surface area contributed by atoms with Gasteiger partial charge in [0.15, 0.2) is 0 Å². The number of carbonyl (C=O) groups excluding carboxylic acids is 1. The molecule has 0 aromatic heterocycles. The van der Waals surface area contributed by atoms with E-state index in [1.54, 1.807) is 19.2 Å². The van der Waals surface area contributed by atoms with Gasteiger partial charge in [-0.1, -0.05) is 18.2 Å². The van der Waals surface area contributed by atoms with Crippen LogP contribution in [0.1, 0.15) is 21.5 Å². The Morgan fingerprint density at radius 1 is 1.22 bits per heavy atom. The Balaban J connectivity index is 1.59. The number of fused-ring (bicyclic) bond motifs is 1. The van der Waals surface area contributed by atoms with Crippen molar-refractivity contribution in [2.75, 3.05) is 26.0 Å². The summed E-state index contributed by atoms with van der Waals surface area (Å²) in [5, 5.41) is 2.70. The second kappa shape index (κ2) is 8.57. The van der Waals surface area contributed by atoms with Gasteiger partial charge in [-0.3, -0.25) is 4.79 Å². The van der Waals surface area contributed by atoms with Gasteiger partial charge in [-0.05, 0) is 64.4 Å². The van der Waals surface area contributed by atoms with Gasteiger partial charge in [0, 0.05) is 23.2 Å². The number of carbonyl (C=O) groups is 1. The first kappa shape index (κ1) is 20.1. The summed E-state index contributed by atoms with van der Waals surface area (Å²) in [5.41, 5.74) is 2.66. The monoisotopic (exact) mass is 500 g/mol. The van der Waals surface area contributed by atoms with E-state index in [9.17, 15) is 13.2 Å². The van der Waals surface area contributed by atoms with Crippen molar-refractivity contribution < 1.29 is 17.9 Å². The van der Waals surface area contributed by atoms with E-state index >= 15 is 0 Å². The van der Waals surface area contributed by atoms with Gasteiger partial charge >= 0.3 is 0 Å². The minimum Gasteiger partial charge on any atom is -0.497 e. The molecule has 0 spiro atoms. The van der Waals surface area contributed by atoms with Crippen LogP contribution in [0.3, 0.4) is 0 Å². The van der Waals surface area contributed by atoms with Crippen LogP contribution < -0.4 is 10.1 Å². The lowest BCUT2D eigenvalue weighted by Gasteiger charge is -2.28. The number of sulfonamides is 1. The van der Waals surface area contributed by atoms with Crippen molar-refractivity contribution in [1.29, 1.82) is 0 Å². The normalized spacial score (nSPS) is 14.4. The van der Waals surface area contributed by atoms with Gasteiger partial charge in [0.2, 0.25) is 10.0 Å². The van der Waals surface area contributed by atoms with Gasteiger partial charge in [-0.25, -0.2) is 8.42 Å². The number of halogens is 1. The summed E-state index contributed by atoms with van der Waals surface area (Å²) >= 11 is 2.09. The second-order valence-electron chi connectivity index (χ2n) is 6.27. The minimum absolute atomic E-state index is 0.0815. The lowest BCUT2D eigenvalue weighted by atomic mass is 10.0. The van der Waals surface area contributed by atoms with Crippen LogP contribution in [-0.4, -0.2) is 44.6 Å². The smallest absolute Gasteiger partial charge is 0.252 e. The summed E-state index contributed by atoms with van der Waals surface area (Å²) in [7, 11) is -1.83. The molecule has 0 radical (unpaired) electrons. The molecule has 0 unspecified atom stereocenters. The third kappa shape index (κ3) is 4.80. The molecule has 144 valence electrons. The molecule has 1 N–H and O–H groups in total. The van der Waals surface area contributed by atoms with Gasteiger partial charge in [-0.15, -0.1) is 0 Å². The molecule has 0 fully saturated rings. The van der Waals surface area contributed by atoms with Crippen LogP contribution in [0.5, 0.6) is 5.75 Å². The van der Waals surface area contributed by atoms with Crippen molar-refractivity contribution in [3.63, 3.8) is 0 Å². The van der Waals surface area contributed by atoms with E-state index in [2.05, 4.69) is 27.9 Å². The van der Waals surface area contributed by atoms with Crippen molar-refractivity contribution in [2.45, 2.75) is 13.0 Å². The largest absolute Gasteiger partial charge is 0.497 e. The predicted octanol–water partition coefficient (Wildman–Crippen LogP) is 2.42. The molecule has 1 heterocycles. The van der Waals surface area contributed by atoms with E-state index in [0.717, 1.165) is 20.4 Å². The number of benzene rings is 2. The molecule has 1 aliphatic heterocycles. The number of hydrogen-bond donors (Lipinski definition) is 1. The number of rotatable bonds is 6. The van der Waals surface area contributed by atoms with E-state index in [-0.39, 0.29) is 18.2 Å². The number of hydrogen-bond acceptors (Lipinski definition) is 4. The van der Waals surface area contributed by atoms with Gasteiger partial charge < -0.3 is 10.1 Å².